The highest BCUT2D eigenvalue weighted by atomic mass is 16.7. The Balaban J connectivity index is 1.31. The predicted octanol–water partition coefficient (Wildman–Crippen LogP) is 4.06. The molecule has 3 aromatic carbocycles. The number of amides is 2. The van der Waals surface area contributed by atoms with Crippen molar-refractivity contribution in [3.05, 3.63) is 107 Å². The van der Waals surface area contributed by atoms with E-state index in [0.717, 1.165) is 46.4 Å². The van der Waals surface area contributed by atoms with Crippen molar-refractivity contribution < 1.29 is 19.2 Å². The number of nitrogens with one attached hydrogen (secondary N) is 3. The van der Waals surface area contributed by atoms with Crippen LogP contribution in [0.5, 0.6) is 0 Å². The van der Waals surface area contributed by atoms with Gasteiger partial charge in [-0.05, 0) is 51.6 Å². The summed E-state index contributed by atoms with van der Waals surface area (Å²) < 4.78 is 1.85. The van der Waals surface area contributed by atoms with Gasteiger partial charge >= 0.3 is 5.97 Å². The highest BCUT2D eigenvalue weighted by molar-refractivity contribution is 5.93. The number of hydrogen-bond acceptors (Lipinski definition) is 8. The Morgan fingerprint density at radius 3 is 2.36 bits per heavy atom. The Hall–Kier alpha value is -5.65. The van der Waals surface area contributed by atoms with Gasteiger partial charge in [0.15, 0.2) is 5.82 Å². The van der Waals surface area contributed by atoms with Crippen LogP contribution in [0.2, 0.25) is 0 Å². The van der Waals surface area contributed by atoms with Crippen LogP contribution in [-0.4, -0.2) is 54.2 Å². The largest absolute Gasteiger partial charge is 0.347 e. The quantitative estimate of drug-likeness (QED) is 0.180. The molecule has 2 amide bonds. The molecule has 0 saturated carbocycles. The molecule has 0 saturated heterocycles. The maximum Gasteiger partial charge on any atom is 0.329 e. The Morgan fingerprint density at radius 2 is 1.67 bits per heavy atom. The molecule has 0 radical (unpaired) electrons. The molecule has 0 fully saturated rings. The van der Waals surface area contributed by atoms with Gasteiger partial charge in [0.1, 0.15) is 5.69 Å². The van der Waals surface area contributed by atoms with Crippen LogP contribution in [0.1, 0.15) is 54.0 Å². The van der Waals surface area contributed by atoms with Gasteiger partial charge in [-0.1, -0.05) is 92.2 Å². The van der Waals surface area contributed by atoms with Crippen LogP contribution >= 0.6 is 0 Å². The number of benzene rings is 3. The van der Waals surface area contributed by atoms with Gasteiger partial charge in [0.05, 0.1) is 13.0 Å². The third-order valence-electron chi connectivity index (χ3n) is 7.13. The van der Waals surface area contributed by atoms with Crippen LogP contribution < -0.4 is 10.8 Å². The Labute approximate surface area is 260 Å². The summed E-state index contributed by atoms with van der Waals surface area (Å²) in [5.41, 5.74) is 8.21. The molecule has 0 aliphatic heterocycles. The minimum atomic E-state index is -0.635. The summed E-state index contributed by atoms with van der Waals surface area (Å²) >= 11 is 0. The zero-order chi connectivity index (χ0) is 31.6. The molecule has 2 aromatic heterocycles. The van der Waals surface area contributed by atoms with E-state index in [-0.39, 0.29) is 18.0 Å². The van der Waals surface area contributed by atoms with Crippen LogP contribution in [0.15, 0.2) is 84.9 Å². The number of rotatable bonds is 12. The SMILES string of the molecule is CCCc1cc(C(=O)N[C@@H](CC(=O)NOC(C)=O)Cc2ccccc2)nn1Cc1ccc(-c2ccccc2-c2nnn[nH]2)cc1. The maximum atomic E-state index is 13.4. The van der Waals surface area contributed by atoms with Gasteiger partial charge in [-0.2, -0.15) is 10.6 Å². The topological polar surface area (TPSA) is 157 Å². The Bertz CT molecular complexity index is 1730. The number of aromatic amines is 1. The van der Waals surface area contributed by atoms with Gasteiger partial charge < -0.3 is 10.2 Å². The van der Waals surface area contributed by atoms with Gasteiger partial charge in [0, 0.05) is 24.2 Å². The number of tetrazole rings is 1. The molecule has 45 heavy (non-hydrogen) atoms. The van der Waals surface area contributed by atoms with E-state index in [1.807, 2.05) is 83.5 Å². The first-order valence-corrected chi connectivity index (χ1v) is 14.7. The van der Waals surface area contributed by atoms with E-state index in [2.05, 4.69) is 48.3 Å². The molecular weight excluding hydrogens is 572 g/mol. The molecule has 0 spiro atoms. The van der Waals surface area contributed by atoms with E-state index in [9.17, 15) is 14.4 Å². The smallest absolute Gasteiger partial charge is 0.329 e. The summed E-state index contributed by atoms with van der Waals surface area (Å²) in [5, 5.41) is 21.9. The Morgan fingerprint density at radius 1 is 0.933 bits per heavy atom. The molecule has 0 unspecified atom stereocenters. The fraction of sp³-hybridized carbons (Fsp3) is 0.242. The van der Waals surface area contributed by atoms with Crippen LogP contribution in [0.4, 0.5) is 0 Å². The molecule has 3 N–H and O–H groups in total. The number of aromatic nitrogens is 6. The van der Waals surface area contributed by atoms with Crippen LogP contribution in [0, 0.1) is 0 Å². The molecule has 0 aliphatic carbocycles. The number of H-pyrrole nitrogens is 1. The second-order valence-electron chi connectivity index (χ2n) is 10.6. The Kier molecular flexibility index (Phi) is 10.1. The fourth-order valence-electron chi connectivity index (χ4n) is 5.06. The molecule has 230 valence electrons. The number of hydroxylamine groups is 1. The van der Waals surface area contributed by atoms with Crippen LogP contribution in [-0.2, 0) is 33.8 Å². The summed E-state index contributed by atoms with van der Waals surface area (Å²) in [6, 6.07) is 26.9. The van der Waals surface area contributed by atoms with E-state index in [4.69, 9.17) is 0 Å². The molecular formula is C33H34N8O4. The maximum absolute atomic E-state index is 13.4. The number of hydrogen-bond donors (Lipinski definition) is 3. The first-order chi connectivity index (χ1) is 21.9. The summed E-state index contributed by atoms with van der Waals surface area (Å²) in [6.45, 7) is 3.75. The highest BCUT2D eigenvalue weighted by Gasteiger charge is 2.22. The van der Waals surface area contributed by atoms with E-state index < -0.39 is 17.9 Å². The van der Waals surface area contributed by atoms with E-state index in [0.29, 0.717) is 18.8 Å². The summed E-state index contributed by atoms with van der Waals surface area (Å²) in [4.78, 5) is 41.6. The lowest BCUT2D eigenvalue weighted by molar-refractivity contribution is -0.156. The lowest BCUT2D eigenvalue weighted by atomic mass is 9.98. The van der Waals surface area contributed by atoms with Crippen molar-refractivity contribution in [3.63, 3.8) is 0 Å². The van der Waals surface area contributed by atoms with Gasteiger partial charge in [-0.25, -0.2) is 5.10 Å². The van der Waals surface area contributed by atoms with Crippen molar-refractivity contribution in [1.29, 1.82) is 0 Å². The molecule has 12 nitrogen and oxygen atoms in total. The van der Waals surface area contributed by atoms with Gasteiger partial charge in [0.25, 0.3) is 11.8 Å². The van der Waals surface area contributed by atoms with Gasteiger partial charge in [-0.15, -0.1) is 5.10 Å². The second kappa shape index (κ2) is 14.7. The third kappa shape index (κ3) is 8.25. The molecule has 1 atom stereocenters. The van der Waals surface area contributed by atoms with Crippen molar-refractivity contribution >= 4 is 17.8 Å². The second-order valence-corrected chi connectivity index (χ2v) is 10.6. The molecule has 5 rings (SSSR count). The van der Waals surface area contributed by atoms with Crippen molar-refractivity contribution in [3.8, 4) is 22.5 Å². The lowest BCUT2D eigenvalue weighted by Crippen LogP contribution is -2.41. The molecule has 5 aromatic rings. The minimum absolute atomic E-state index is 0.0845. The van der Waals surface area contributed by atoms with Crippen LogP contribution in [0.3, 0.4) is 0 Å². The molecule has 0 aliphatic rings. The van der Waals surface area contributed by atoms with Gasteiger partial charge in [0.2, 0.25) is 0 Å². The van der Waals surface area contributed by atoms with Crippen molar-refractivity contribution in [2.75, 3.05) is 0 Å². The average molecular weight is 607 g/mol. The minimum Gasteiger partial charge on any atom is -0.347 e. The number of carbonyl (C=O) groups is 3. The third-order valence-corrected chi connectivity index (χ3v) is 7.13. The lowest BCUT2D eigenvalue weighted by Gasteiger charge is -2.18. The molecule has 0 bridgehead atoms. The number of nitrogens with zero attached hydrogens (tertiary/aromatic N) is 5. The standard InChI is InChI=1S/C33H34N8O4/c1-3-9-27-20-30(33(44)34-26(18-23-10-5-4-6-11-23)19-31(43)38-45-22(2)42)37-41(27)21-24-14-16-25(17-15-24)28-12-7-8-13-29(28)32-35-39-40-36-32/h4-8,10-17,20,26H,3,9,18-19,21H2,1-2H3,(H,34,44)(H,38,43)(H,35,36,39,40)/t26-/m1/s1. The van der Waals surface area contributed by atoms with E-state index in [1.54, 1.807) is 6.07 Å². The number of carbonyl (C=O) groups excluding carboxylic acids is 3. The first-order valence-electron chi connectivity index (χ1n) is 14.7. The summed E-state index contributed by atoms with van der Waals surface area (Å²) in [6.07, 6.45) is 1.95. The predicted molar refractivity (Wildman–Crippen MR) is 166 cm³/mol. The monoisotopic (exact) mass is 606 g/mol. The fourth-order valence-corrected chi connectivity index (χ4v) is 5.06. The zero-order valence-corrected chi connectivity index (χ0v) is 25.1. The molecule has 2 heterocycles. The van der Waals surface area contributed by atoms with Crippen molar-refractivity contribution in [2.45, 2.75) is 52.1 Å². The van der Waals surface area contributed by atoms with Crippen LogP contribution in [0.25, 0.3) is 22.5 Å². The normalized spacial score (nSPS) is 11.5. The van der Waals surface area contributed by atoms with E-state index >= 15 is 0 Å². The average Bonchev–Trinajstić information content (AvgIpc) is 3.72. The first kappa shape index (κ1) is 30.8. The highest BCUT2D eigenvalue weighted by Crippen LogP contribution is 2.30. The zero-order valence-electron chi connectivity index (χ0n) is 25.1. The number of aryl methyl sites for hydroxylation is 1. The molecule has 12 heteroatoms. The van der Waals surface area contributed by atoms with Crippen molar-refractivity contribution in [2.24, 2.45) is 0 Å². The van der Waals surface area contributed by atoms with Gasteiger partial charge in [-0.3, -0.25) is 19.1 Å². The van der Waals surface area contributed by atoms with Crippen molar-refractivity contribution in [1.82, 2.24) is 41.2 Å². The van der Waals surface area contributed by atoms with E-state index in [1.165, 1.54) is 6.92 Å². The summed E-state index contributed by atoms with van der Waals surface area (Å²) in [7, 11) is 0. The summed E-state index contributed by atoms with van der Waals surface area (Å²) in [5.74, 6) is -0.949.